The van der Waals surface area contributed by atoms with Crippen molar-refractivity contribution in [1.29, 1.82) is 0 Å². The second-order valence-electron chi connectivity index (χ2n) is 4.66. The van der Waals surface area contributed by atoms with Gasteiger partial charge in [0.2, 0.25) is 0 Å². The van der Waals surface area contributed by atoms with Crippen LogP contribution in [0.1, 0.15) is 53.3 Å². The maximum Gasteiger partial charge on any atom is 0.345 e. The number of carboxylic acid groups (broad SMARTS) is 1. The standard InChI is InChI=1S/C16H18O7/c1-2-22-15(20)11-7-9-12(10-8-11)16(21)23-14(19)6-4-3-5-13(17)18/h7-10H,2-6H2,1H3,(H,17,18). The lowest BCUT2D eigenvalue weighted by molar-refractivity contribution is -0.139. The van der Waals surface area contributed by atoms with Crippen LogP contribution in [-0.2, 0) is 19.1 Å². The van der Waals surface area contributed by atoms with E-state index in [2.05, 4.69) is 4.74 Å². The molecule has 23 heavy (non-hydrogen) atoms. The van der Waals surface area contributed by atoms with Gasteiger partial charge in [-0.2, -0.15) is 0 Å². The van der Waals surface area contributed by atoms with E-state index in [1.165, 1.54) is 24.3 Å². The van der Waals surface area contributed by atoms with E-state index in [1.54, 1.807) is 6.92 Å². The Labute approximate surface area is 133 Å². The molecule has 0 aliphatic carbocycles. The minimum Gasteiger partial charge on any atom is -0.481 e. The molecule has 1 rings (SSSR count). The summed E-state index contributed by atoms with van der Waals surface area (Å²) in [6, 6.07) is 5.55. The molecule has 7 nitrogen and oxygen atoms in total. The van der Waals surface area contributed by atoms with Crippen LogP contribution in [0.5, 0.6) is 0 Å². The minimum absolute atomic E-state index is 0.0278. The van der Waals surface area contributed by atoms with E-state index in [0.717, 1.165) is 0 Å². The maximum atomic E-state index is 11.7. The molecule has 0 atom stereocenters. The smallest absolute Gasteiger partial charge is 0.345 e. The van der Waals surface area contributed by atoms with Gasteiger partial charge in [0.1, 0.15) is 0 Å². The van der Waals surface area contributed by atoms with Crippen LogP contribution < -0.4 is 0 Å². The van der Waals surface area contributed by atoms with Crippen molar-refractivity contribution in [2.45, 2.75) is 32.6 Å². The van der Waals surface area contributed by atoms with Crippen LogP contribution in [0.25, 0.3) is 0 Å². The van der Waals surface area contributed by atoms with Gasteiger partial charge in [-0.3, -0.25) is 9.59 Å². The third kappa shape index (κ3) is 6.73. The predicted octanol–water partition coefficient (Wildman–Crippen LogP) is 2.19. The molecule has 1 aromatic carbocycles. The molecule has 0 saturated heterocycles. The zero-order chi connectivity index (χ0) is 17.2. The van der Waals surface area contributed by atoms with E-state index in [0.29, 0.717) is 18.4 Å². The average molecular weight is 322 g/mol. The van der Waals surface area contributed by atoms with E-state index < -0.39 is 23.9 Å². The van der Waals surface area contributed by atoms with Crippen molar-refractivity contribution in [3.63, 3.8) is 0 Å². The number of unbranched alkanes of at least 4 members (excludes halogenated alkanes) is 1. The Bertz CT molecular complexity index is 575. The average Bonchev–Trinajstić information content (AvgIpc) is 2.51. The zero-order valence-electron chi connectivity index (χ0n) is 12.7. The van der Waals surface area contributed by atoms with E-state index in [4.69, 9.17) is 9.84 Å². The molecular formula is C16H18O7. The van der Waals surface area contributed by atoms with Gasteiger partial charge in [-0.1, -0.05) is 0 Å². The lowest BCUT2D eigenvalue weighted by Crippen LogP contribution is -2.13. The van der Waals surface area contributed by atoms with Crippen molar-refractivity contribution in [3.8, 4) is 0 Å². The highest BCUT2D eigenvalue weighted by Gasteiger charge is 2.14. The zero-order valence-corrected chi connectivity index (χ0v) is 12.7. The van der Waals surface area contributed by atoms with Crippen molar-refractivity contribution in [2.75, 3.05) is 6.61 Å². The number of benzene rings is 1. The summed E-state index contributed by atoms with van der Waals surface area (Å²) in [7, 11) is 0. The van der Waals surface area contributed by atoms with Gasteiger partial charge in [-0.05, 0) is 44.0 Å². The summed E-state index contributed by atoms with van der Waals surface area (Å²) in [4.78, 5) is 45.0. The van der Waals surface area contributed by atoms with Crippen LogP contribution in [0.2, 0.25) is 0 Å². The van der Waals surface area contributed by atoms with Crippen LogP contribution in [-0.4, -0.2) is 35.6 Å². The van der Waals surface area contributed by atoms with Gasteiger partial charge >= 0.3 is 23.9 Å². The van der Waals surface area contributed by atoms with E-state index in [9.17, 15) is 19.2 Å². The predicted molar refractivity (Wildman–Crippen MR) is 78.9 cm³/mol. The van der Waals surface area contributed by atoms with Crippen molar-refractivity contribution in [2.24, 2.45) is 0 Å². The molecule has 1 aromatic rings. The molecule has 0 aliphatic heterocycles. The second kappa shape index (κ2) is 9.34. The number of rotatable bonds is 8. The fraction of sp³-hybridized carbons (Fsp3) is 0.375. The molecule has 0 spiro atoms. The molecule has 0 radical (unpaired) electrons. The topological polar surface area (TPSA) is 107 Å². The molecule has 0 bridgehead atoms. The summed E-state index contributed by atoms with van der Waals surface area (Å²) in [5.74, 6) is -2.96. The van der Waals surface area contributed by atoms with Crippen LogP contribution in [0.15, 0.2) is 24.3 Å². The fourth-order valence-electron chi connectivity index (χ4n) is 1.72. The summed E-state index contributed by atoms with van der Waals surface area (Å²) in [6.45, 7) is 1.94. The molecule has 0 fully saturated rings. The van der Waals surface area contributed by atoms with Crippen LogP contribution >= 0.6 is 0 Å². The normalized spacial score (nSPS) is 9.96. The number of esters is 3. The fourth-order valence-corrected chi connectivity index (χ4v) is 1.72. The number of carboxylic acids is 1. The van der Waals surface area contributed by atoms with Crippen LogP contribution in [0, 0.1) is 0 Å². The molecule has 0 unspecified atom stereocenters. The number of ether oxygens (including phenoxy) is 2. The third-order valence-corrected chi connectivity index (χ3v) is 2.86. The van der Waals surface area contributed by atoms with E-state index in [1.807, 2.05) is 0 Å². The first-order valence-electron chi connectivity index (χ1n) is 7.18. The molecule has 0 aliphatic rings. The van der Waals surface area contributed by atoms with Gasteiger partial charge in [-0.15, -0.1) is 0 Å². The van der Waals surface area contributed by atoms with Gasteiger partial charge in [0.25, 0.3) is 0 Å². The Morgan fingerprint density at radius 1 is 0.913 bits per heavy atom. The maximum absolute atomic E-state index is 11.7. The molecule has 1 N–H and O–H groups in total. The Hall–Kier alpha value is -2.70. The highest BCUT2D eigenvalue weighted by atomic mass is 16.6. The first-order chi connectivity index (χ1) is 10.9. The van der Waals surface area contributed by atoms with Gasteiger partial charge < -0.3 is 14.6 Å². The Kier molecular flexibility index (Phi) is 7.45. The summed E-state index contributed by atoms with van der Waals surface area (Å²) in [5, 5.41) is 8.46. The van der Waals surface area contributed by atoms with Crippen LogP contribution in [0.4, 0.5) is 0 Å². The first-order valence-corrected chi connectivity index (χ1v) is 7.18. The lowest BCUT2D eigenvalue weighted by atomic mass is 10.1. The van der Waals surface area contributed by atoms with E-state index in [-0.39, 0.29) is 25.0 Å². The summed E-state index contributed by atoms with van der Waals surface area (Å²) >= 11 is 0. The summed E-state index contributed by atoms with van der Waals surface area (Å²) in [5.41, 5.74) is 0.431. The van der Waals surface area contributed by atoms with Crippen molar-refractivity contribution in [1.82, 2.24) is 0 Å². The molecule has 7 heteroatoms. The molecule has 0 aromatic heterocycles. The largest absolute Gasteiger partial charge is 0.481 e. The van der Waals surface area contributed by atoms with Crippen molar-refractivity contribution in [3.05, 3.63) is 35.4 Å². The number of hydrogen-bond donors (Lipinski definition) is 1. The van der Waals surface area contributed by atoms with Crippen molar-refractivity contribution >= 4 is 23.9 Å². The first kappa shape index (κ1) is 18.3. The number of carbonyl (C=O) groups excluding carboxylic acids is 3. The SMILES string of the molecule is CCOC(=O)c1ccc(C(=O)OC(=O)CCCCC(=O)O)cc1. The Morgan fingerprint density at radius 2 is 1.43 bits per heavy atom. The highest BCUT2D eigenvalue weighted by Crippen LogP contribution is 2.09. The lowest BCUT2D eigenvalue weighted by Gasteiger charge is -2.04. The summed E-state index contributed by atoms with van der Waals surface area (Å²) in [6.07, 6.45) is 0.615. The van der Waals surface area contributed by atoms with Gasteiger partial charge in [-0.25, -0.2) is 9.59 Å². The minimum atomic E-state index is -0.934. The highest BCUT2D eigenvalue weighted by molar-refractivity contribution is 5.98. The number of aliphatic carboxylic acids is 1. The summed E-state index contributed by atoms with van der Waals surface area (Å²) < 4.78 is 9.46. The number of carbonyl (C=O) groups is 4. The molecular weight excluding hydrogens is 304 g/mol. The van der Waals surface area contributed by atoms with E-state index >= 15 is 0 Å². The van der Waals surface area contributed by atoms with Crippen LogP contribution in [0.3, 0.4) is 0 Å². The van der Waals surface area contributed by atoms with Gasteiger partial charge in [0.15, 0.2) is 0 Å². The quantitative estimate of drug-likeness (QED) is 0.444. The Morgan fingerprint density at radius 3 is 1.96 bits per heavy atom. The molecule has 0 amide bonds. The molecule has 0 saturated carbocycles. The Balaban J connectivity index is 2.46. The number of hydrogen-bond acceptors (Lipinski definition) is 6. The monoisotopic (exact) mass is 322 g/mol. The van der Waals surface area contributed by atoms with Gasteiger partial charge in [0, 0.05) is 12.8 Å². The van der Waals surface area contributed by atoms with Crippen molar-refractivity contribution < 1.29 is 33.8 Å². The molecule has 0 heterocycles. The van der Waals surface area contributed by atoms with Gasteiger partial charge in [0.05, 0.1) is 17.7 Å². The third-order valence-electron chi connectivity index (χ3n) is 2.86. The second-order valence-corrected chi connectivity index (χ2v) is 4.66. The molecule has 124 valence electrons.